The molecule has 0 unspecified atom stereocenters. The molecule has 1 rings (SSSR count). The molecular formula is C8H13N3O2. The van der Waals surface area contributed by atoms with Crippen LogP contribution in [0.3, 0.4) is 0 Å². The Labute approximate surface area is 76.5 Å². The van der Waals surface area contributed by atoms with Crippen LogP contribution in [0.15, 0.2) is 12.4 Å². The van der Waals surface area contributed by atoms with Crippen LogP contribution in [0.4, 0.5) is 5.69 Å². The van der Waals surface area contributed by atoms with Crippen molar-refractivity contribution in [2.24, 2.45) is 0 Å². The number of rotatable bonds is 5. The predicted octanol–water partition coefficient (Wildman–Crippen LogP) is 0.775. The van der Waals surface area contributed by atoms with Crippen molar-refractivity contribution in [3.8, 4) is 0 Å². The van der Waals surface area contributed by atoms with Crippen molar-refractivity contribution in [1.29, 1.82) is 0 Å². The molecule has 0 fully saturated rings. The number of hydrogen-bond donors (Lipinski definition) is 2. The van der Waals surface area contributed by atoms with Crippen LogP contribution in [0.5, 0.6) is 0 Å². The monoisotopic (exact) mass is 183 g/mol. The zero-order chi connectivity index (χ0) is 9.52. The van der Waals surface area contributed by atoms with E-state index in [1.165, 1.54) is 0 Å². The van der Waals surface area contributed by atoms with Gasteiger partial charge in [-0.05, 0) is 6.92 Å². The Hall–Kier alpha value is -1.36. The van der Waals surface area contributed by atoms with Gasteiger partial charge in [-0.15, -0.1) is 0 Å². The smallest absolute Gasteiger partial charge is 0.226 e. The molecule has 0 saturated carbocycles. The van der Waals surface area contributed by atoms with Crippen LogP contribution in [0.1, 0.15) is 13.3 Å². The van der Waals surface area contributed by atoms with Crippen molar-refractivity contribution in [3.05, 3.63) is 12.4 Å². The lowest BCUT2D eigenvalue weighted by Gasteiger charge is -2.01. The quantitative estimate of drug-likeness (QED) is 0.663. The second-order valence-electron chi connectivity index (χ2n) is 2.48. The lowest BCUT2D eigenvalue weighted by Crippen LogP contribution is -2.13. The van der Waals surface area contributed by atoms with E-state index >= 15 is 0 Å². The van der Waals surface area contributed by atoms with Gasteiger partial charge < -0.3 is 10.1 Å². The predicted molar refractivity (Wildman–Crippen MR) is 48.3 cm³/mol. The Bertz CT molecular complexity index is 246. The van der Waals surface area contributed by atoms with E-state index in [0.29, 0.717) is 25.3 Å². The highest BCUT2D eigenvalue weighted by molar-refractivity contribution is 5.90. The van der Waals surface area contributed by atoms with E-state index in [2.05, 4.69) is 15.5 Å². The van der Waals surface area contributed by atoms with E-state index < -0.39 is 0 Å². The number of aromatic amines is 1. The molecule has 2 N–H and O–H groups in total. The van der Waals surface area contributed by atoms with E-state index in [1.807, 2.05) is 6.92 Å². The van der Waals surface area contributed by atoms with Crippen molar-refractivity contribution < 1.29 is 9.53 Å². The average molecular weight is 183 g/mol. The first-order chi connectivity index (χ1) is 6.33. The standard InChI is InChI=1S/C8H13N3O2/c1-2-13-4-3-8(12)11-7-5-9-10-6-7/h5-6H,2-4H2,1H3,(H,9,10)(H,11,12). The molecule has 1 heterocycles. The summed E-state index contributed by atoms with van der Waals surface area (Å²) in [6, 6.07) is 0. The first-order valence-corrected chi connectivity index (χ1v) is 4.19. The Balaban J connectivity index is 2.18. The number of amides is 1. The Morgan fingerprint density at radius 1 is 1.77 bits per heavy atom. The van der Waals surface area contributed by atoms with E-state index in [1.54, 1.807) is 12.4 Å². The number of aromatic nitrogens is 2. The molecule has 0 aromatic carbocycles. The molecule has 0 bridgehead atoms. The van der Waals surface area contributed by atoms with Crippen LogP contribution in [-0.4, -0.2) is 29.3 Å². The normalized spacial score (nSPS) is 9.92. The van der Waals surface area contributed by atoms with Gasteiger partial charge in [0.05, 0.1) is 24.9 Å². The summed E-state index contributed by atoms with van der Waals surface area (Å²) in [5.74, 6) is -0.0603. The highest BCUT2D eigenvalue weighted by Crippen LogP contribution is 2.01. The number of carbonyl (C=O) groups excluding carboxylic acids is 1. The van der Waals surface area contributed by atoms with Crippen LogP contribution in [0, 0.1) is 0 Å². The highest BCUT2D eigenvalue weighted by Gasteiger charge is 2.01. The first kappa shape index (κ1) is 9.73. The van der Waals surface area contributed by atoms with Crippen LogP contribution in [0.25, 0.3) is 0 Å². The van der Waals surface area contributed by atoms with Crippen LogP contribution >= 0.6 is 0 Å². The minimum atomic E-state index is -0.0603. The first-order valence-electron chi connectivity index (χ1n) is 4.19. The van der Waals surface area contributed by atoms with Gasteiger partial charge in [0.1, 0.15) is 0 Å². The Morgan fingerprint density at radius 2 is 2.62 bits per heavy atom. The van der Waals surface area contributed by atoms with Gasteiger partial charge in [-0.1, -0.05) is 0 Å². The maximum absolute atomic E-state index is 11.2. The van der Waals surface area contributed by atoms with Crippen molar-refractivity contribution >= 4 is 11.6 Å². The SMILES string of the molecule is CCOCCC(=O)Nc1cn[nH]c1. The average Bonchev–Trinajstić information content (AvgIpc) is 2.57. The third kappa shape index (κ3) is 3.71. The molecule has 13 heavy (non-hydrogen) atoms. The minimum Gasteiger partial charge on any atom is -0.381 e. The Morgan fingerprint density at radius 3 is 3.23 bits per heavy atom. The van der Waals surface area contributed by atoms with Crippen molar-refractivity contribution in [2.45, 2.75) is 13.3 Å². The van der Waals surface area contributed by atoms with Gasteiger partial charge >= 0.3 is 0 Å². The fraction of sp³-hybridized carbons (Fsp3) is 0.500. The van der Waals surface area contributed by atoms with Gasteiger partial charge in [-0.25, -0.2) is 0 Å². The molecule has 0 aliphatic heterocycles. The third-order valence-corrected chi connectivity index (χ3v) is 1.46. The summed E-state index contributed by atoms with van der Waals surface area (Å²) in [6.07, 6.45) is 3.55. The largest absolute Gasteiger partial charge is 0.381 e. The summed E-state index contributed by atoms with van der Waals surface area (Å²) in [5, 5.41) is 8.98. The molecule has 1 amide bonds. The minimum absolute atomic E-state index is 0.0603. The second-order valence-corrected chi connectivity index (χ2v) is 2.48. The van der Waals surface area contributed by atoms with E-state index in [-0.39, 0.29) is 5.91 Å². The lowest BCUT2D eigenvalue weighted by molar-refractivity contribution is -0.117. The highest BCUT2D eigenvalue weighted by atomic mass is 16.5. The zero-order valence-corrected chi connectivity index (χ0v) is 7.54. The molecular weight excluding hydrogens is 170 g/mol. The number of H-pyrrole nitrogens is 1. The van der Waals surface area contributed by atoms with Gasteiger partial charge in [-0.2, -0.15) is 5.10 Å². The van der Waals surface area contributed by atoms with Gasteiger partial charge in [-0.3, -0.25) is 9.89 Å². The summed E-state index contributed by atoms with van der Waals surface area (Å²) < 4.78 is 5.04. The molecule has 0 spiro atoms. The summed E-state index contributed by atoms with van der Waals surface area (Å²) in [5.41, 5.74) is 0.682. The topological polar surface area (TPSA) is 67.0 Å². The van der Waals surface area contributed by atoms with Gasteiger partial charge in [0, 0.05) is 12.8 Å². The van der Waals surface area contributed by atoms with E-state index in [0.717, 1.165) is 0 Å². The molecule has 5 heteroatoms. The van der Waals surface area contributed by atoms with Gasteiger partial charge in [0.2, 0.25) is 5.91 Å². The van der Waals surface area contributed by atoms with Crippen molar-refractivity contribution in [3.63, 3.8) is 0 Å². The molecule has 0 aliphatic carbocycles. The van der Waals surface area contributed by atoms with Crippen molar-refractivity contribution in [2.75, 3.05) is 18.5 Å². The third-order valence-electron chi connectivity index (χ3n) is 1.46. The Kier molecular flexibility index (Phi) is 3.98. The van der Waals surface area contributed by atoms with Crippen molar-refractivity contribution in [1.82, 2.24) is 10.2 Å². The van der Waals surface area contributed by atoms with Gasteiger partial charge in [0.25, 0.3) is 0 Å². The summed E-state index contributed by atoms with van der Waals surface area (Å²) >= 11 is 0. The maximum Gasteiger partial charge on any atom is 0.226 e. The molecule has 1 aromatic rings. The number of nitrogens with one attached hydrogen (secondary N) is 2. The molecule has 72 valence electrons. The molecule has 0 aliphatic rings. The van der Waals surface area contributed by atoms with E-state index in [4.69, 9.17) is 4.74 Å². The number of hydrogen-bond acceptors (Lipinski definition) is 3. The molecule has 0 atom stereocenters. The summed E-state index contributed by atoms with van der Waals surface area (Å²) in [6.45, 7) is 2.99. The second kappa shape index (κ2) is 5.31. The number of anilines is 1. The van der Waals surface area contributed by atoms with Crippen LogP contribution in [-0.2, 0) is 9.53 Å². The lowest BCUT2D eigenvalue weighted by atomic mass is 10.4. The molecule has 0 radical (unpaired) electrons. The number of carbonyl (C=O) groups is 1. The van der Waals surface area contributed by atoms with Gasteiger partial charge in [0.15, 0.2) is 0 Å². The molecule has 5 nitrogen and oxygen atoms in total. The maximum atomic E-state index is 11.2. The fourth-order valence-corrected chi connectivity index (χ4v) is 0.852. The molecule has 1 aromatic heterocycles. The van der Waals surface area contributed by atoms with Crippen LogP contribution < -0.4 is 5.32 Å². The zero-order valence-electron chi connectivity index (χ0n) is 7.54. The van der Waals surface area contributed by atoms with E-state index in [9.17, 15) is 4.79 Å². The summed E-state index contributed by atoms with van der Waals surface area (Å²) in [7, 11) is 0. The fourth-order valence-electron chi connectivity index (χ4n) is 0.852. The van der Waals surface area contributed by atoms with Crippen LogP contribution in [0.2, 0.25) is 0 Å². The molecule has 0 saturated heterocycles. The number of ether oxygens (including phenoxy) is 1. The number of nitrogens with zero attached hydrogens (tertiary/aromatic N) is 1. The summed E-state index contributed by atoms with van der Waals surface area (Å²) in [4.78, 5) is 11.2.